The summed E-state index contributed by atoms with van der Waals surface area (Å²) in [7, 11) is 0. The average molecular weight is 269 g/mol. The SMILES string of the molecule is C=CCOC(=O)NCC12CCC(C(=O)O)(CC1)OC2. The third kappa shape index (κ3) is 2.73. The van der Waals surface area contributed by atoms with Crippen LogP contribution in [-0.4, -0.2) is 42.5 Å². The second-order valence-corrected chi connectivity index (χ2v) is 5.33. The summed E-state index contributed by atoms with van der Waals surface area (Å²) in [5, 5.41) is 11.9. The lowest BCUT2D eigenvalue weighted by Gasteiger charge is -2.50. The van der Waals surface area contributed by atoms with E-state index in [1.54, 1.807) is 0 Å². The second-order valence-electron chi connectivity index (χ2n) is 5.33. The molecule has 1 aliphatic carbocycles. The zero-order valence-corrected chi connectivity index (χ0v) is 10.8. The van der Waals surface area contributed by atoms with E-state index in [2.05, 4.69) is 11.9 Å². The number of hydrogen-bond donors (Lipinski definition) is 2. The normalized spacial score (nSPS) is 32.6. The Bertz CT molecular complexity index is 368. The highest BCUT2D eigenvalue weighted by Gasteiger charge is 2.54. The number of alkyl carbamates (subject to hydrolysis) is 1. The van der Waals surface area contributed by atoms with Gasteiger partial charge in [-0.25, -0.2) is 9.59 Å². The quantitative estimate of drug-likeness (QED) is 0.735. The number of amides is 1. The molecule has 3 rings (SSSR count). The summed E-state index contributed by atoms with van der Waals surface area (Å²) in [4.78, 5) is 22.6. The van der Waals surface area contributed by atoms with Gasteiger partial charge in [-0.2, -0.15) is 0 Å². The number of aliphatic carboxylic acids is 1. The van der Waals surface area contributed by atoms with E-state index in [0.29, 0.717) is 26.0 Å². The molecule has 0 atom stereocenters. The van der Waals surface area contributed by atoms with Gasteiger partial charge in [-0.1, -0.05) is 12.7 Å². The summed E-state index contributed by atoms with van der Waals surface area (Å²) in [6.45, 7) is 4.47. The molecule has 2 N–H and O–H groups in total. The third-order valence-corrected chi connectivity index (χ3v) is 4.10. The van der Waals surface area contributed by atoms with Crippen molar-refractivity contribution in [3.05, 3.63) is 12.7 Å². The predicted molar refractivity (Wildman–Crippen MR) is 66.8 cm³/mol. The number of nitrogens with one attached hydrogen (secondary N) is 1. The van der Waals surface area contributed by atoms with Crippen molar-refractivity contribution >= 4 is 12.1 Å². The van der Waals surface area contributed by atoms with Gasteiger partial charge >= 0.3 is 12.1 Å². The highest BCUT2D eigenvalue weighted by Crippen LogP contribution is 2.48. The van der Waals surface area contributed by atoms with Crippen LogP contribution in [0.3, 0.4) is 0 Å². The van der Waals surface area contributed by atoms with Crippen molar-refractivity contribution < 1.29 is 24.2 Å². The molecule has 0 aromatic heterocycles. The monoisotopic (exact) mass is 269 g/mol. The smallest absolute Gasteiger partial charge is 0.407 e. The molecule has 19 heavy (non-hydrogen) atoms. The summed E-state index contributed by atoms with van der Waals surface area (Å²) >= 11 is 0. The van der Waals surface area contributed by atoms with Gasteiger partial charge in [0.15, 0.2) is 5.60 Å². The van der Waals surface area contributed by atoms with Gasteiger partial charge in [0.05, 0.1) is 6.61 Å². The first-order valence-electron chi connectivity index (χ1n) is 6.41. The van der Waals surface area contributed by atoms with Crippen LogP contribution in [0.25, 0.3) is 0 Å². The molecule has 1 amide bonds. The van der Waals surface area contributed by atoms with Gasteiger partial charge in [-0.3, -0.25) is 0 Å². The summed E-state index contributed by atoms with van der Waals surface area (Å²) in [5.74, 6) is -0.876. The maximum atomic E-state index is 11.4. The minimum atomic E-state index is -0.995. The number of carboxylic acids is 1. The molecule has 1 saturated carbocycles. The van der Waals surface area contributed by atoms with Crippen molar-refractivity contribution in [2.75, 3.05) is 19.8 Å². The molecule has 2 bridgehead atoms. The van der Waals surface area contributed by atoms with Crippen LogP contribution in [0, 0.1) is 5.41 Å². The Balaban J connectivity index is 1.85. The van der Waals surface area contributed by atoms with Gasteiger partial charge in [-0.15, -0.1) is 0 Å². The Hall–Kier alpha value is -1.56. The van der Waals surface area contributed by atoms with E-state index in [4.69, 9.17) is 9.47 Å². The van der Waals surface area contributed by atoms with Crippen molar-refractivity contribution in [1.82, 2.24) is 5.32 Å². The van der Waals surface area contributed by atoms with Gasteiger partial charge in [0.1, 0.15) is 6.61 Å². The number of carboxylic acid groups (broad SMARTS) is 1. The van der Waals surface area contributed by atoms with Crippen LogP contribution in [-0.2, 0) is 14.3 Å². The molecule has 6 nitrogen and oxygen atoms in total. The van der Waals surface area contributed by atoms with E-state index in [1.807, 2.05) is 0 Å². The summed E-state index contributed by atoms with van der Waals surface area (Å²) in [5.41, 5.74) is -1.14. The lowest BCUT2D eigenvalue weighted by Crippen LogP contribution is -2.58. The molecule has 0 spiro atoms. The number of ether oxygens (including phenoxy) is 2. The number of carbonyl (C=O) groups is 2. The minimum absolute atomic E-state index is 0.148. The van der Waals surface area contributed by atoms with Crippen molar-refractivity contribution in [3.8, 4) is 0 Å². The average Bonchev–Trinajstić information content (AvgIpc) is 2.45. The Labute approximate surface area is 111 Å². The Morgan fingerprint density at radius 1 is 1.37 bits per heavy atom. The van der Waals surface area contributed by atoms with Gasteiger partial charge in [0.25, 0.3) is 0 Å². The first-order chi connectivity index (χ1) is 9.02. The molecule has 106 valence electrons. The van der Waals surface area contributed by atoms with Crippen LogP contribution in [0.4, 0.5) is 4.79 Å². The Morgan fingerprint density at radius 3 is 2.53 bits per heavy atom. The Morgan fingerprint density at radius 2 is 2.05 bits per heavy atom. The van der Waals surface area contributed by atoms with E-state index in [1.165, 1.54) is 6.08 Å². The second kappa shape index (κ2) is 5.21. The molecule has 2 saturated heterocycles. The van der Waals surface area contributed by atoms with Gasteiger partial charge in [-0.05, 0) is 25.7 Å². The number of rotatable bonds is 5. The molecule has 3 aliphatic rings. The lowest BCUT2D eigenvalue weighted by molar-refractivity contribution is -0.206. The fraction of sp³-hybridized carbons (Fsp3) is 0.692. The van der Waals surface area contributed by atoms with Crippen LogP contribution < -0.4 is 5.32 Å². The van der Waals surface area contributed by atoms with Crippen LogP contribution in [0.15, 0.2) is 12.7 Å². The van der Waals surface area contributed by atoms with Crippen molar-refractivity contribution in [2.45, 2.75) is 31.3 Å². The maximum Gasteiger partial charge on any atom is 0.407 e. The van der Waals surface area contributed by atoms with Crippen molar-refractivity contribution in [1.29, 1.82) is 0 Å². The minimum Gasteiger partial charge on any atom is -0.479 e. The molecular weight excluding hydrogens is 250 g/mol. The molecule has 0 unspecified atom stereocenters. The molecule has 2 heterocycles. The molecule has 2 aliphatic heterocycles. The van der Waals surface area contributed by atoms with E-state index < -0.39 is 17.7 Å². The lowest BCUT2D eigenvalue weighted by atomic mass is 9.66. The van der Waals surface area contributed by atoms with Crippen LogP contribution in [0.2, 0.25) is 0 Å². The van der Waals surface area contributed by atoms with Gasteiger partial charge in [0, 0.05) is 12.0 Å². The van der Waals surface area contributed by atoms with E-state index in [-0.39, 0.29) is 12.0 Å². The molecule has 3 fully saturated rings. The van der Waals surface area contributed by atoms with Gasteiger partial charge in [0.2, 0.25) is 0 Å². The molecule has 6 heteroatoms. The molecular formula is C13H19NO5. The molecule has 0 aromatic carbocycles. The van der Waals surface area contributed by atoms with Crippen LogP contribution in [0.5, 0.6) is 0 Å². The standard InChI is InChI=1S/C13H19NO5/c1-2-7-18-11(17)14-8-12-3-5-13(6-4-12,10(15)16)19-9-12/h2H,1,3-9H2,(H,14,17)(H,15,16). The number of fused-ring (bicyclic) bond motifs is 3. The first kappa shape index (κ1) is 13.9. The highest BCUT2D eigenvalue weighted by molar-refractivity contribution is 5.78. The number of hydrogen-bond acceptors (Lipinski definition) is 4. The summed E-state index contributed by atoms with van der Waals surface area (Å²) in [6.07, 6.45) is 3.54. The summed E-state index contributed by atoms with van der Waals surface area (Å²) < 4.78 is 10.4. The van der Waals surface area contributed by atoms with Crippen LogP contribution in [0.1, 0.15) is 25.7 Å². The van der Waals surface area contributed by atoms with E-state index >= 15 is 0 Å². The summed E-state index contributed by atoms with van der Waals surface area (Å²) in [6, 6.07) is 0. The zero-order valence-electron chi connectivity index (χ0n) is 10.8. The zero-order chi connectivity index (χ0) is 13.9. The molecule has 0 radical (unpaired) electrons. The molecule has 0 aromatic rings. The largest absolute Gasteiger partial charge is 0.479 e. The first-order valence-corrected chi connectivity index (χ1v) is 6.41. The van der Waals surface area contributed by atoms with Crippen LogP contribution >= 0.6 is 0 Å². The topological polar surface area (TPSA) is 84.9 Å². The van der Waals surface area contributed by atoms with Crippen molar-refractivity contribution in [2.24, 2.45) is 5.41 Å². The fourth-order valence-electron chi connectivity index (χ4n) is 2.71. The van der Waals surface area contributed by atoms with Gasteiger partial charge < -0.3 is 19.9 Å². The highest BCUT2D eigenvalue weighted by atomic mass is 16.5. The van der Waals surface area contributed by atoms with E-state index in [9.17, 15) is 14.7 Å². The maximum absolute atomic E-state index is 11.4. The fourth-order valence-corrected chi connectivity index (χ4v) is 2.71. The van der Waals surface area contributed by atoms with Crippen molar-refractivity contribution in [3.63, 3.8) is 0 Å². The van der Waals surface area contributed by atoms with E-state index in [0.717, 1.165) is 12.8 Å². The third-order valence-electron chi connectivity index (χ3n) is 4.10. The predicted octanol–water partition coefficient (Wildman–Crippen LogP) is 1.31. The Kier molecular flexibility index (Phi) is 3.80. The number of carbonyl (C=O) groups excluding carboxylic acids is 1.